The zero-order valence-electron chi connectivity index (χ0n) is 14.2. The lowest BCUT2D eigenvalue weighted by Crippen LogP contribution is -1.82. The van der Waals surface area contributed by atoms with Crippen molar-refractivity contribution in [3.05, 3.63) is 34.9 Å². The second-order valence-corrected chi connectivity index (χ2v) is 5.83. The second-order valence-electron chi connectivity index (χ2n) is 5.83. The molecule has 0 aliphatic heterocycles. The fourth-order valence-electron chi connectivity index (χ4n) is 1.82. The molecular formula is C19H33N. The average Bonchev–Trinajstić information content (AvgIpc) is 2.38. The Morgan fingerprint density at radius 2 is 1.55 bits per heavy atom. The molecule has 0 aliphatic carbocycles. The van der Waals surface area contributed by atoms with Gasteiger partial charge in [-0.1, -0.05) is 42.2 Å². The van der Waals surface area contributed by atoms with Crippen LogP contribution in [0.25, 0.3) is 0 Å². The Kier molecular flexibility index (Phi) is 12.2. The summed E-state index contributed by atoms with van der Waals surface area (Å²) >= 11 is 0. The molecule has 0 spiro atoms. The zero-order chi connectivity index (χ0) is 15.2. The Bertz CT molecular complexity index is 352. The van der Waals surface area contributed by atoms with Crippen molar-refractivity contribution in [3.63, 3.8) is 0 Å². The number of nitrogens with zero attached hydrogens (tertiary/aromatic N) is 1. The van der Waals surface area contributed by atoms with Gasteiger partial charge in [-0.2, -0.15) is 0 Å². The van der Waals surface area contributed by atoms with Gasteiger partial charge in [-0.15, -0.1) is 0 Å². The van der Waals surface area contributed by atoms with Crippen molar-refractivity contribution in [2.24, 2.45) is 4.99 Å². The molecular weight excluding hydrogens is 242 g/mol. The molecule has 0 bridgehead atoms. The third-order valence-corrected chi connectivity index (χ3v) is 3.23. The van der Waals surface area contributed by atoms with E-state index >= 15 is 0 Å². The van der Waals surface area contributed by atoms with Crippen LogP contribution in [-0.4, -0.2) is 12.8 Å². The van der Waals surface area contributed by atoms with E-state index in [2.05, 4.69) is 57.8 Å². The van der Waals surface area contributed by atoms with Gasteiger partial charge >= 0.3 is 0 Å². The molecule has 0 atom stereocenters. The molecule has 0 fully saturated rings. The van der Waals surface area contributed by atoms with E-state index in [0.29, 0.717) is 0 Å². The van der Waals surface area contributed by atoms with Crippen LogP contribution < -0.4 is 0 Å². The maximum Gasteiger partial charge on any atom is 0.0389 e. The third kappa shape index (κ3) is 13.3. The van der Waals surface area contributed by atoms with Gasteiger partial charge in [0.1, 0.15) is 0 Å². The van der Waals surface area contributed by atoms with Crippen LogP contribution in [0.15, 0.2) is 39.9 Å². The SMILES string of the molecule is CCCC/N=C/C=C(\C)CC/C=C(\C)CCC=C(C)C. The van der Waals surface area contributed by atoms with Crippen LogP contribution in [0.3, 0.4) is 0 Å². The van der Waals surface area contributed by atoms with Crippen molar-refractivity contribution in [2.45, 2.75) is 73.1 Å². The Balaban J connectivity index is 3.88. The monoisotopic (exact) mass is 275 g/mol. The molecule has 20 heavy (non-hydrogen) atoms. The number of rotatable bonds is 10. The summed E-state index contributed by atoms with van der Waals surface area (Å²) in [6, 6.07) is 0. The molecule has 0 radical (unpaired) electrons. The van der Waals surface area contributed by atoms with E-state index < -0.39 is 0 Å². The predicted molar refractivity (Wildman–Crippen MR) is 93.7 cm³/mol. The molecule has 0 aromatic heterocycles. The summed E-state index contributed by atoms with van der Waals surface area (Å²) in [5.74, 6) is 0. The highest BCUT2D eigenvalue weighted by Gasteiger charge is 1.91. The summed E-state index contributed by atoms with van der Waals surface area (Å²) in [6.07, 6.45) is 15.9. The number of hydrogen-bond acceptors (Lipinski definition) is 1. The quantitative estimate of drug-likeness (QED) is 0.253. The smallest absolute Gasteiger partial charge is 0.0389 e. The summed E-state index contributed by atoms with van der Waals surface area (Å²) in [6.45, 7) is 11.9. The number of unbranched alkanes of at least 4 members (excludes halogenated alkanes) is 1. The molecule has 0 heterocycles. The zero-order valence-corrected chi connectivity index (χ0v) is 14.2. The number of allylic oxidation sites excluding steroid dienone is 6. The maximum absolute atomic E-state index is 4.38. The van der Waals surface area contributed by atoms with E-state index in [1.54, 1.807) is 0 Å². The van der Waals surface area contributed by atoms with E-state index in [4.69, 9.17) is 0 Å². The third-order valence-electron chi connectivity index (χ3n) is 3.23. The van der Waals surface area contributed by atoms with Crippen LogP contribution in [0, 0.1) is 0 Å². The van der Waals surface area contributed by atoms with Gasteiger partial charge in [0.05, 0.1) is 0 Å². The Hall–Kier alpha value is -1.11. The minimum atomic E-state index is 0.962. The molecule has 0 amide bonds. The highest BCUT2D eigenvalue weighted by atomic mass is 14.7. The van der Waals surface area contributed by atoms with Crippen molar-refractivity contribution in [1.29, 1.82) is 0 Å². The molecule has 0 saturated carbocycles. The highest BCUT2D eigenvalue weighted by Crippen LogP contribution is 2.10. The van der Waals surface area contributed by atoms with Crippen LogP contribution in [0.1, 0.15) is 73.1 Å². The van der Waals surface area contributed by atoms with Gasteiger partial charge in [-0.3, -0.25) is 4.99 Å². The van der Waals surface area contributed by atoms with Gasteiger partial charge in [0.2, 0.25) is 0 Å². The van der Waals surface area contributed by atoms with E-state index in [1.165, 1.54) is 42.4 Å². The molecule has 0 aromatic carbocycles. The fourth-order valence-corrected chi connectivity index (χ4v) is 1.82. The standard InChI is InChI=1S/C19H33N/c1-6-7-15-20-16-14-19(5)13-9-12-18(4)11-8-10-17(2)3/h10,12,14,16H,6-9,11,13,15H2,1-5H3/b18-12+,19-14+,20-16+. The minimum Gasteiger partial charge on any atom is -0.293 e. The summed E-state index contributed by atoms with van der Waals surface area (Å²) in [5, 5.41) is 0. The summed E-state index contributed by atoms with van der Waals surface area (Å²) in [4.78, 5) is 4.38. The van der Waals surface area contributed by atoms with Crippen LogP contribution >= 0.6 is 0 Å². The maximum atomic E-state index is 4.38. The van der Waals surface area contributed by atoms with Crippen molar-refractivity contribution < 1.29 is 0 Å². The lowest BCUT2D eigenvalue weighted by atomic mass is 10.1. The minimum absolute atomic E-state index is 0.962. The summed E-state index contributed by atoms with van der Waals surface area (Å²) < 4.78 is 0. The van der Waals surface area contributed by atoms with E-state index in [-0.39, 0.29) is 0 Å². The largest absolute Gasteiger partial charge is 0.293 e. The van der Waals surface area contributed by atoms with Gasteiger partial charge in [-0.05, 0) is 65.9 Å². The van der Waals surface area contributed by atoms with Crippen LogP contribution in [0.5, 0.6) is 0 Å². The molecule has 0 saturated heterocycles. The molecule has 1 nitrogen and oxygen atoms in total. The Morgan fingerprint density at radius 1 is 0.900 bits per heavy atom. The first kappa shape index (κ1) is 18.9. The lowest BCUT2D eigenvalue weighted by molar-refractivity contribution is 0.810. The first-order chi connectivity index (χ1) is 9.56. The number of hydrogen-bond donors (Lipinski definition) is 0. The average molecular weight is 275 g/mol. The summed E-state index contributed by atoms with van der Waals surface area (Å²) in [5.41, 5.74) is 4.34. The lowest BCUT2D eigenvalue weighted by Gasteiger charge is -2.00. The topological polar surface area (TPSA) is 12.4 Å². The molecule has 114 valence electrons. The Morgan fingerprint density at radius 3 is 2.20 bits per heavy atom. The first-order valence-corrected chi connectivity index (χ1v) is 8.00. The molecule has 0 unspecified atom stereocenters. The molecule has 0 N–H and O–H groups in total. The first-order valence-electron chi connectivity index (χ1n) is 8.00. The highest BCUT2D eigenvalue weighted by molar-refractivity contribution is 5.71. The molecule has 0 rings (SSSR count). The number of aliphatic imine (C=N–C) groups is 1. The van der Waals surface area contributed by atoms with Crippen LogP contribution in [0.4, 0.5) is 0 Å². The summed E-state index contributed by atoms with van der Waals surface area (Å²) in [7, 11) is 0. The predicted octanol–water partition coefficient (Wildman–Crippen LogP) is 6.28. The Labute approximate surface area is 126 Å². The van der Waals surface area contributed by atoms with Gasteiger partial charge in [0, 0.05) is 12.8 Å². The van der Waals surface area contributed by atoms with Crippen molar-refractivity contribution >= 4 is 6.21 Å². The van der Waals surface area contributed by atoms with Crippen molar-refractivity contribution in [2.75, 3.05) is 6.54 Å². The van der Waals surface area contributed by atoms with Crippen molar-refractivity contribution in [1.82, 2.24) is 0 Å². The second kappa shape index (κ2) is 12.9. The molecule has 0 aromatic rings. The van der Waals surface area contributed by atoms with Crippen LogP contribution in [-0.2, 0) is 0 Å². The van der Waals surface area contributed by atoms with Crippen molar-refractivity contribution in [3.8, 4) is 0 Å². The van der Waals surface area contributed by atoms with Crippen LogP contribution in [0.2, 0.25) is 0 Å². The normalized spacial score (nSPS) is 13.1. The molecule has 0 aliphatic rings. The van der Waals surface area contributed by atoms with Gasteiger partial charge < -0.3 is 0 Å². The van der Waals surface area contributed by atoms with Gasteiger partial charge in [-0.25, -0.2) is 0 Å². The van der Waals surface area contributed by atoms with E-state index in [1.807, 2.05) is 6.21 Å². The van der Waals surface area contributed by atoms with E-state index in [9.17, 15) is 0 Å². The van der Waals surface area contributed by atoms with Gasteiger partial charge in [0.15, 0.2) is 0 Å². The van der Waals surface area contributed by atoms with E-state index in [0.717, 1.165) is 19.4 Å². The molecule has 1 heteroatoms. The van der Waals surface area contributed by atoms with Gasteiger partial charge in [0.25, 0.3) is 0 Å². The fraction of sp³-hybridized carbons (Fsp3) is 0.632.